The number of nitrogens with zero attached hydrogens (tertiary/aromatic N) is 4. The molecule has 0 aliphatic heterocycles. The van der Waals surface area contributed by atoms with Crippen molar-refractivity contribution in [1.29, 1.82) is 0 Å². The van der Waals surface area contributed by atoms with E-state index < -0.39 is 10.0 Å². The molecule has 0 amide bonds. The van der Waals surface area contributed by atoms with Crippen molar-refractivity contribution in [1.82, 2.24) is 19.9 Å². The lowest BCUT2D eigenvalue weighted by Gasteiger charge is -2.15. The fraction of sp³-hybridized carbons (Fsp3) is 0.182. The highest BCUT2D eigenvalue weighted by atomic mass is 79.9. The SMILES string of the molecule is O=S(=O)(CCc1cccs1)Nc1ncnc(OCCOc2ncc(Br)cn2)c1-c1ccc(Cl)cc1. The van der Waals surface area contributed by atoms with Gasteiger partial charge in [0, 0.05) is 22.3 Å². The van der Waals surface area contributed by atoms with Crippen molar-refractivity contribution in [3.05, 3.63) is 74.9 Å². The Morgan fingerprint density at radius 3 is 2.46 bits per heavy atom. The topological polar surface area (TPSA) is 116 Å². The highest BCUT2D eigenvalue weighted by Gasteiger charge is 2.20. The largest absolute Gasteiger partial charge is 0.473 e. The lowest BCUT2D eigenvalue weighted by atomic mass is 10.1. The Balaban J connectivity index is 1.52. The van der Waals surface area contributed by atoms with Crippen LogP contribution in [-0.2, 0) is 16.4 Å². The summed E-state index contributed by atoms with van der Waals surface area (Å²) in [6.45, 7) is 0.259. The smallest absolute Gasteiger partial charge is 0.316 e. The third kappa shape index (κ3) is 7.34. The Morgan fingerprint density at radius 2 is 1.74 bits per heavy atom. The zero-order valence-corrected chi connectivity index (χ0v) is 22.1. The maximum absolute atomic E-state index is 12.8. The van der Waals surface area contributed by atoms with Gasteiger partial charge in [0.25, 0.3) is 0 Å². The quantitative estimate of drug-likeness (QED) is 0.244. The van der Waals surface area contributed by atoms with Gasteiger partial charge in [-0.05, 0) is 51.5 Å². The van der Waals surface area contributed by atoms with Crippen molar-refractivity contribution in [3.8, 4) is 23.0 Å². The number of nitrogens with one attached hydrogen (secondary N) is 1. The maximum atomic E-state index is 12.8. The zero-order valence-electron chi connectivity index (χ0n) is 18.1. The Bertz CT molecular complexity index is 1360. The highest BCUT2D eigenvalue weighted by Crippen LogP contribution is 2.35. The molecular formula is C22H19BrClN5O4S2. The van der Waals surface area contributed by atoms with E-state index in [1.165, 1.54) is 17.7 Å². The van der Waals surface area contributed by atoms with E-state index >= 15 is 0 Å². The molecule has 1 N–H and O–H groups in total. The standard InChI is InChI=1S/C22H19BrClN5O4S2/c23-16-12-25-22(26-13-16)33-9-8-32-21-19(15-3-5-17(24)6-4-15)20(27-14-28-21)29-35(30,31)11-7-18-2-1-10-34-18/h1-6,10,12-14H,7-9,11H2,(H,27,28,29). The minimum Gasteiger partial charge on any atom is -0.473 e. The first-order chi connectivity index (χ1) is 16.9. The first-order valence-corrected chi connectivity index (χ1v) is 14.0. The molecule has 1 aromatic carbocycles. The lowest BCUT2D eigenvalue weighted by molar-refractivity contribution is 0.202. The molecule has 4 aromatic rings. The molecule has 0 bridgehead atoms. The number of sulfonamides is 1. The molecule has 4 rings (SSSR count). The molecule has 0 aliphatic rings. The van der Waals surface area contributed by atoms with Crippen molar-refractivity contribution in [2.24, 2.45) is 0 Å². The second kappa shape index (κ2) is 11.8. The third-order valence-electron chi connectivity index (χ3n) is 4.54. The van der Waals surface area contributed by atoms with Gasteiger partial charge < -0.3 is 9.47 Å². The van der Waals surface area contributed by atoms with Gasteiger partial charge in [0.15, 0.2) is 5.82 Å². The summed E-state index contributed by atoms with van der Waals surface area (Å²) in [4.78, 5) is 17.5. The average Bonchev–Trinajstić information content (AvgIpc) is 3.36. The van der Waals surface area contributed by atoms with Crippen LogP contribution in [0.2, 0.25) is 5.02 Å². The van der Waals surface area contributed by atoms with Gasteiger partial charge in [0.2, 0.25) is 15.9 Å². The van der Waals surface area contributed by atoms with Crippen molar-refractivity contribution < 1.29 is 17.9 Å². The number of benzene rings is 1. The van der Waals surface area contributed by atoms with Crippen LogP contribution in [0.1, 0.15) is 4.88 Å². The van der Waals surface area contributed by atoms with Crippen LogP contribution in [0.5, 0.6) is 11.9 Å². The van der Waals surface area contributed by atoms with E-state index in [9.17, 15) is 8.42 Å². The third-order valence-corrected chi connectivity index (χ3v) is 7.39. The predicted octanol–water partition coefficient (Wildman–Crippen LogP) is 4.85. The Morgan fingerprint density at radius 1 is 1.00 bits per heavy atom. The van der Waals surface area contributed by atoms with Crippen molar-refractivity contribution in [3.63, 3.8) is 0 Å². The summed E-state index contributed by atoms with van der Waals surface area (Å²) < 4.78 is 40.3. The maximum Gasteiger partial charge on any atom is 0.316 e. The molecular weight excluding hydrogens is 578 g/mol. The summed E-state index contributed by atoms with van der Waals surface area (Å²) in [7, 11) is -3.69. The minimum atomic E-state index is -3.69. The molecule has 13 heteroatoms. The molecule has 0 saturated heterocycles. The van der Waals surface area contributed by atoms with Gasteiger partial charge in [-0.2, -0.15) is 0 Å². The van der Waals surface area contributed by atoms with Crippen LogP contribution >= 0.6 is 38.9 Å². The summed E-state index contributed by atoms with van der Waals surface area (Å²) in [5, 5.41) is 2.45. The first-order valence-electron chi connectivity index (χ1n) is 10.3. The molecule has 3 heterocycles. The van der Waals surface area contributed by atoms with Crippen LogP contribution in [0, 0.1) is 0 Å². The number of aryl methyl sites for hydroxylation is 1. The lowest BCUT2D eigenvalue weighted by Crippen LogP contribution is -2.20. The van der Waals surface area contributed by atoms with Crippen LogP contribution in [0.15, 0.2) is 65.0 Å². The van der Waals surface area contributed by atoms with Gasteiger partial charge >= 0.3 is 6.01 Å². The van der Waals surface area contributed by atoms with Crippen molar-refractivity contribution >= 4 is 54.7 Å². The average molecular weight is 597 g/mol. The molecule has 0 fully saturated rings. The second-order valence-corrected chi connectivity index (χ2v) is 11.3. The fourth-order valence-corrected chi connectivity index (χ4v) is 5.18. The van der Waals surface area contributed by atoms with Crippen LogP contribution < -0.4 is 14.2 Å². The van der Waals surface area contributed by atoms with Gasteiger partial charge in [-0.25, -0.2) is 28.4 Å². The number of thiophene rings is 1. The summed E-state index contributed by atoms with van der Waals surface area (Å²) in [6, 6.07) is 10.9. The molecule has 182 valence electrons. The van der Waals surface area contributed by atoms with Gasteiger partial charge in [0.1, 0.15) is 19.5 Å². The Kier molecular flexibility index (Phi) is 8.50. The predicted molar refractivity (Wildman–Crippen MR) is 139 cm³/mol. The van der Waals surface area contributed by atoms with E-state index in [1.54, 1.807) is 36.7 Å². The zero-order chi connectivity index (χ0) is 24.7. The van der Waals surface area contributed by atoms with Crippen LogP contribution in [0.25, 0.3) is 11.1 Å². The molecule has 3 aromatic heterocycles. The Labute approximate surface area is 219 Å². The van der Waals surface area contributed by atoms with E-state index in [0.29, 0.717) is 22.6 Å². The summed E-state index contributed by atoms with van der Waals surface area (Å²) >= 11 is 10.8. The number of halogens is 2. The first kappa shape index (κ1) is 25.3. The van der Waals surface area contributed by atoms with Crippen LogP contribution in [0.4, 0.5) is 5.82 Å². The summed E-state index contributed by atoms with van der Waals surface area (Å²) in [6.07, 6.45) is 4.78. The van der Waals surface area contributed by atoms with E-state index in [0.717, 1.165) is 9.35 Å². The van der Waals surface area contributed by atoms with Crippen LogP contribution in [0.3, 0.4) is 0 Å². The highest BCUT2D eigenvalue weighted by molar-refractivity contribution is 9.10. The van der Waals surface area contributed by atoms with Crippen molar-refractivity contribution in [2.75, 3.05) is 23.7 Å². The summed E-state index contributed by atoms with van der Waals surface area (Å²) in [5.41, 5.74) is 1.03. The monoisotopic (exact) mass is 595 g/mol. The molecule has 0 unspecified atom stereocenters. The fourth-order valence-electron chi connectivity index (χ4n) is 2.97. The van der Waals surface area contributed by atoms with E-state index in [2.05, 4.69) is 40.6 Å². The second-order valence-electron chi connectivity index (χ2n) is 7.04. The number of aromatic nitrogens is 4. The van der Waals surface area contributed by atoms with E-state index in [1.807, 2.05) is 17.5 Å². The molecule has 35 heavy (non-hydrogen) atoms. The Hall–Kier alpha value is -2.80. The molecule has 0 atom stereocenters. The number of hydrogen-bond acceptors (Lipinski definition) is 9. The molecule has 9 nitrogen and oxygen atoms in total. The molecule has 0 radical (unpaired) electrons. The molecule has 0 spiro atoms. The van der Waals surface area contributed by atoms with Gasteiger partial charge in [0.05, 0.1) is 15.8 Å². The molecule has 0 saturated carbocycles. The number of rotatable bonds is 11. The van der Waals surface area contributed by atoms with Gasteiger partial charge in [-0.3, -0.25) is 4.72 Å². The minimum absolute atomic E-state index is 0.0885. The van der Waals surface area contributed by atoms with E-state index in [4.69, 9.17) is 21.1 Å². The van der Waals surface area contributed by atoms with Crippen molar-refractivity contribution in [2.45, 2.75) is 6.42 Å². The van der Waals surface area contributed by atoms with Crippen LogP contribution in [-0.4, -0.2) is 47.3 Å². The number of hydrogen-bond donors (Lipinski definition) is 1. The van der Waals surface area contributed by atoms with Gasteiger partial charge in [-0.15, -0.1) is 11.3 Å². The van der Waals surface area contributed by atoms with E-state index in [-0.39, 0.29) is 36.7 Å². The number of anilines is 1. The number of ether oxygens (including phenoxy) is 2. The normalized spacial score (nSPS) is 11.3. The summed E-state index contributed by atoms with van der Waals surface area (Å²) in [5.74, 6) is 0.216. The molecule has 0 aliphatic carbocycles. The van der Waals surface area contributed by atoms with Gasteiger partial charge in [-0.1, -0.05) is 29.8 Å².